The Hall–Kier alpha value is -1.82. The van der Waals surface area contributed by atoms with E-state index in [9.17, 15) is 8.78 Å². The van der Waals surface area contributed by atoms with Crippen molar-refractivity contribution in [3.63, 3.8) is 0 Å². The molecule has 19 heavy (non-hydrogen) atoms. The fourth-order valence-corrected chi connectivity index (χ4v) is 1.73. The molecule has 102 valence electrons. The van der Waals surface area contributed by atoms with Crippen molar-refractivity contribution in [2.24, 2.45) is 5.73 Å². The molecule has 0 amide bonds. The maximum absolute atomic E-state index is 13.1. The van der Waals surface area contributed by atoms with Crippen LogP contribution in [-0.2, 0) is 6.42 Å². The molecule has 4 nitrogen and oxygen atoms in total. The lowest BCUT2D eigenvalue weighted by Gasteiger charge is -2.00. The van der Waals surface area contributed by atoms with Crippen LogP contribution >= 0.6 is 0 Å². The van der Waals surface area contributed by atoms with Gasteiger partial charge in [-0.05, 0) is 31.9 Å². The molecule has 0 spiro atoms. The number of benzene rings is 1. The van der Waals surface area contributed by atoms with Gasteiger partial charge in [0.2, 0.25) is 11.7 Å². The molecule has 1 aromatic carbocycles. The molecule has 2 N–H and O–H groups in total. The molecule has 0 saturated heterocycles. The van der Waals surface area contributed by atoms with Crippen LogP contribution in [0, 0.1) is 11.6 Å². The van der Waals surface area contributed by atoms with Crippen LogP contribution in [0.1, 0.15) is 25.7 Å². The van der Waals surface area contributed by atoms with Gasteiger partial charge in [0, 0.05) is 24.1 Å². The van der Waals surface area contributed by atoms with Gasteiger partial charge in [-0.25, -0.2) is 8.78 Å². The summed E-state index contributed by atoms with van der Waals surface area (Å²) >= 11 is 0. The molecule has 2 rings (SSSR count). The minimum absolute atomic E-state index is 0.125. The molecule has 1 heterocycles. The third kappa shape index (κ3) is 3.82. The third-order valence-electron chi connectivity index (χ3n) is 2.64. The first-order valence-electron chi connectivity index (χ1n) is 6.09. The molecule has 2 aromatic rings. The second-order valence-corrected chi connectivity index (χ2v) is 4.54. The minimum Gasteiger partial charge on any atom is -0.339 e. The summed E-state index contributed by atoms with van der Waals surface area (Å²) in [4.78, 5) is 4.11. The molecule has 0 aliphatic rings. The van der Waals surface area contributed by atoms with E-state index in [2.05, 4.69) is 10.1 Å². The van der Waals surface area contributed by atoms with Crippen LogP contribution in [0.5, 0.6) is 0 Å². The Labute approximate surface area is 109 Å². The van der Waals surface area contributed by atoms with E-state index in [4.69, 9.17) is 10.3 Å². The van der Waals surface area contributed by atoms with Gasteiger partial charge in [-0.2, -0.15) is 4.98 Å². The Balaban J connectivity index is 2.07. The number of nitrogens with two attached hydrogens (primary N) is 1. The normalized spacial score (nSPS) is 12.6. The zero-order valence-electron chi connectivity index (χ0n) is 10.6. The smallest absolute Gasteiger partial charge is 0.226 e. The van der Waals surface area contributed by atoms with E-state index >= 15 is 0 Å². The molecule has 1 unspecified atom stereocenters. The second kappa shape index (κ2) is 5.88. The van der Waals surface area contributed by atoms with Gasteiger partial charge in [-0.1, -0.05) is 5.16 Å². The number of hydrogen-bond acceptors (Lipinski definition) is 4. The SMILES string of the molecule is CC(N)CCCc1nc(-c2cc(F)cc(F)c2)no1. The van der Waals surface area contributed by atoms with Crippen molar-refractivity contribution in [3.05, 3.63) is 35.7 Å². The molecule has 0 aliphatic heterocycles. The summed E-state index contributed by atoms with van der Waals surface area (Å²) in [5.41, 5.74) is 5.90. The number of nitrogens with zero attached hydrogens (tertiary/aromatic N) is 2. The van der Waals surface area contributed by atoms with Gasteiger partial charge in [0.25, 0.3) is 0 Å². The number of aryl methyl sites for hydroxylation is 1. The van der Waals surface area contributed by atoms with Crippen molar-refractivity contribution in [2.75, 3.05) is 0 Å². The molecule has 0 fully saturated rings. The summed E-state index contributed by atoms with van der Waals surface area (Å²) in [6, 6.07) is 3.26. The first-order valence-corrected chi connectivity index (χ1v) is 6.09. The summed E-state index contributed by atoms with van der Waals surface area (Å²) in [6.45, 7) is 1.93. The highest BCUT2D eigenvalue weighted by Crippen LogP contribution is 2.19. The summed E-state index contributed by atoms with van der Waals surface area (Å²) in [5, 5.41) is 3.72. The highest BCUT2D eigenvalue weighted by atomic mass is 19.1. The monoisotopic (exact) mass is 267 g/mol. The second-order valence-electron chi connectivity index (χ2n) is 4.54. The highest BCUT2D eigenvalue weighted by molar-refractivity contribution is 5.54. The molecule has 1 aromatic heterocycles. The van der Waals surface area contributed by atoms with E-state index in [1.54, 1.807) is 0 Å². The number of halogens is 2. The van der Waals surface area contributed by atoms with Crippen LogP contribution in [-0.4, -0.2) is 16.2 Å². The Bertz CT molecular complexity index is 534. The van der Waals surface area contributed by atoms with Crippen molar-refractivity contribution in [3.8, 4) is 11.4 Å². The molecule has 6 heteroatoms. The van der Waals surface area contributed by atoms with E-state index in [1.165, 1.54) is 12.1 Å². The standard InChI is InChI=1S/C13H15F2N3O/c1-8(16)3-2-4-12-17-13(18-19-12)9-5-10(14)7-11(15)6-9/h5-8H,2-4,16H2,1H3. The molecule has 1 atom stereocenters. The predicted octanol–water partition coefficient (Wildman–Crippen LogP) is 2.68. The van der Waals surface area contributed by atoms with E-state index in [1.807, 2.05) is 6.92 Å². The number of aromatic nitrogens is 2. The minimum atomic E-state index is -0.668. The largest absolute Gasteiger partial charge is 0.339 e. The third-order valence-corrected chi connectivity index (χ3v) is 2.64. The van der Waals surface area contributed by atoms with Crippen molar-refractivity contribution < 1.29 is 13.3 Å². The Kier molecular flexibility index (Phi) is 4.21. The van der Waals surface area contributed by atoms with Gasteiger partial charge < -0.3 is 10.3 Å². The zero-order valence-corrected chi connectivity index (χ0v) is 10.6. The Morgan fingerprint density at radius 1 is 1.26 bits per heavy atom. The van der Waals surface area contributed by atoms with Crippen LogP contribution in [0.3, 0.4) is 0 Å². The Morgan fingerprint density at radius 3 is 2.58 bits per heavy atom. The average Bonchev–Trinajstić information content (AvgIpc) is 2.76. The van der Waals surface area contributed by atoms with Crippen molar-refractivity contribution in [1.82, 2.24) is 10.1 Å². The van der Waals surface area contributed by atoms with Gasteiger partial charge in [-0.15, -0.1) is 0 Å². The lowest BCUT2D eigenvalue weighted by Crippen LogP contribution is -2.14. The summed E-state index contributed by atoms with van der Waals surface area (Å²) in [5.74, 6) is -0.703. The summed E-state index contributed by atoms with van der Waals surface area (Å²) in [7, 11) is 0. The van der Waals surface area contributed by atoms with Gasteiger partial charge in [0.05, 0.1) is 0 Å². The van der Waals surface area contributed by atoms with E-state index in [0.717, 1.165) is 18.9 Å². The van der Waals surface area contributed by atoms with E-state index in [0.29, 0.717) is 12.3 Å². The maximum atomic E-state index is 13.1. The van der Waals surface area contributed by atoms with Crippen LogP contribution in [0.15, 0.2) is 22.7 Å². The number of rotatable bonds is 5. The molecular weight excluding hydrogens is 252 g/mol. The lowest BCUT2D eigenvalue weighted by atomic mass is 10.1. The summed E-state index contributed by atoms with van der Waals surface area (Å²) in [6.07, 6.45) is 2.29. The molecule has 0 saturated carbocycles. The van der Waals surface area contributed by atoms with Crippen LogP contribution in [0.4, 0.5) is 8.78 Å². The van der Waals surface area contributed by atoms with Crippen LogP contribution in [0.2, 0.25) is 0 Å². The van der Waals surface area contributed by atoms with Gasteiger partial charge in [0.1, 0.15) is 11.6 Å². The zero-order chi connectivity index (χ0) is 13.8. The van der Waals surface area contributed by atoms with Gasteiger partial charge >= 0.3 is 0 Å². The quantitative estimate of drug-likeness (QED) is 0.904. The topological polar surface area (TPSA) is 64.9 Å². The first kappa shape index (κ1) is 13.6. The van der Waals surface area contributed by atoms with E-state index in [-0.39, 0.29) is 17.4 Å². The van der Waals surface area contributed by atoms with Crippen LogP contribution < -0.4 is 5.73 Å². The maximum Gasteiger partial charge on any atom is 0.226 e. The van der Waals surface area contributed by atoms with Crippen LogP contribution in [0.25, 0.3) is 11.4 Å². The lowest BCUT2D eigenvalue weighted by molar-refractivity contribution is 0.373. The van der Waals surface area contributed by atoms with Gasteiger partial charge in [-0.3, -0.25) is 0 Å². The molecule has 0 radical (unpaired) electrons. The average molecular weight is 267 g/mol. The summed E-state index contributed by atoms with van der Waals surface area (Å²) < 4.78 is 31.2. The number of hydrogen-bond donors (Lipinski definition) is 1. The predicted molar refractivity (Wildman–Crippen MR) is 66.2 cm³/mol. The van der Waals surface area contributed by atoms with Gasteiger partial charge in [0.15, 0.2) is 0 Å². The fraction of sp³-hybridized carbons (Fsp3) is 0.385. The van der Waals surface area contributed by atoms with Crippen molar-refractivity contribution in [2.45, 2.75) is 32.2 Å². The fourth-order valence-electron chi connectivity index (χ4n) is 1.73. The Morgan fingerprint density at radius 2 is 1.95 bits per heavy atom. The molecular formula is C13H15F2N3O. The van der Waals surface area contributed by atoms with Crippen molar-refractivity contribution >= 4 is 0 Å². The molecule has 0 aliphatic carbocycles. The highest BCUT2D eigenvalue weighted by Gasteiger charge is 2.11. The van der Waals surface area contributed by atoms with Crippen molar-refractivity contribution in [1.29, 1.82) is 0 Å². The molecule has 0 bridgehead atoms. The first-order chi connectivity index (χ1) is 9.04. The van der Waals surface area contributed by atoms with E-state index < -0.39 is 11.6 Å².